The fraction of sp³-hybridized carbons (Fsp3) is 0.179. The summed E-state index contributed by atoms with van der Waals surface area (Å²) >= 11 is 0. The third-order valence-corrected chi connectivity index (χ3v) is 5.61. The molecule has 0 unspecified atom stereocenters. The third kappa shape index (κ3) is 5.58. The average molecular weight is 470 g/mol. The van der Waals surface area contributed by atoms with E-state index in [0.29, 0.717) is 23.6 Å². The minimum Gasteiger partial charge on any atom is -0.493 e. The van der Waals surface area contributed by atoms with Crippen LogP contribution in [0.2, 0.25) is 0 Å². The topological polar surface area (TPSA) is 73.7 Å². The zero-order valence-corrected chi connectivity index (χ0v) is 20.0. The van der Waals surface area contributed by atoms with Crippen molar-refractivity contribution >= 4 is 11.7 Å². The van der Waals surface area contributed by atoms with Gasteiger partial charge in [0.05, 0.1) is 18.5 Å². The van der Waals surface area contributed by atoms with Gasteiger partial charge in [0.15, 0.2) is 23.9 Å². The molecule has 3 aromatic carbocycles. The van der Waals surface area contributed by atoms with Crippen molar-refractivity contribution in [2.24, 2.45) is 0 Å². The molecule has 7 nitrogen and oxygen atoms in total. The van der Waals surface area contributed by atoms with Crippen molar-refractivity contribution in [1.82, 2.24) is 14.7 Å². The molecule has 0 atom stereocenters. The van der Waals surface area contributed by atoms with Gasteiger partial charge in [0.25, 0.3) is 5.91 Å². The number of para-hydroxylation sites is 1. The molecule has 0 aliphatic carbocycles. The number of nitrogens with zero attached hydrogens (tertiary/aromatic N) is 3. The Morgan fingerprint density at radius 3 is 2.29 bits per heavy atom. The van der Waals surface area contributed by atoms with Crippen molar-refractivity contribution in [2.45, 2.75) is 13.5 Å². The number of rotatable bonds is 9. The second-order valence-electron chi connectivity index (χ2n) is 8.11. The summed E-state index contributed by atoms with van der Waals surface area (Å²) in [7, 11) is 3.23. The highest BCUT2D eigenvalue weighted by molar-refractivity contribution is 5.94. The molecule has 0 saturated carbocycles. The first-order chi connectivity index (χ1) is 17.0. The van der Waals surface area contributed by atoms with E-state index in [4.69, 9.17) is 14.6 Å². The maximum atomic E-state index is 12.9. The molecule has 0 aliphatic rings. The lowest BCUT2D eigenvalue weighted by Gasteiger charge is -2.18. The van der Waals surface area contributed by atoms with Gasteiger partial charge in [-0.2, -0.15) is 5.10 Å². The summed E-state index contributed by atoms with van der Waals surface area (Å²) in [5, 5.41) is 4.81. The molecule has 1 heterocycles. The molecule has 0 aliphatic heterocycles. The number of hydrogen-bond donors (Lipinski definition) is 0. The maximum absolute atomic E-state index is 12.9. The highest BCUT2D eigenvalue weighted by Crippen LogP contribution is 2.29. The van der Waals surface area contributed by atoms with E-state index in [0.717, 1.165) is 22.5 Å². The monoisotopic (exact) mass is 469 g/mol. The van der Waals surface area contributed by atoms with Gasteiger partial charge in [-0.1, -0.05) is 48.5 Å². The molecule has 35 heavy (non-hydrogen) atoms. The molecule has 1 aromatic heterocycles. The van der Waals surface area contributed by atoms with Crippen molar-refractivity contribution in [3.05, 3.63) is 96.2 Å². The van der Waals surface area contributed by atoms with E-state index in [-0.39, 0.29) is 18.3 Å². The lowest BCUT2D eigenvalue weighted by molar-refractivity contribution is -0.132. The van der Waals surface area contributed by atoms with Crippen LogP contribution in [0.3, 0.4) is 0 Å². The number of ether oxygens (including phenoxy) is 2. The standard InChI is InChI=1S/C28H27N3O4/c1-20(32)22-14-15-25(26(16-22)34-3)35-19-27(33)30(2)17-23-18-31(24-12-8-5-9-13-24)29-28(23)21-10-6-4-7-11-21/h4-16,18H,17,19H2,1-3H3. The Labute approximate surface area is 204 Å². The van der Waals surface area contributed by atoms with Crippen LogP contribution >= 0.6 is 0 Å². The van der Waals surface area contributed by atoms with E-state index < -0.39 is 0 Å². The Morgan fingerprint density at radius 1 is 0.943 bits per heavy atom. The van der Waals surface area contributed by atoms with Gasteiger partial charge in [-0.3, -0.25) is 9.59 Å². The van der Waals surface area contributed by atoms with Crippen LogP contribution in [0.15, 0.2) is 85.1 Å². The van der Waals surface area contributed by atoms with Gasteiger partial charge >= 0.3 is 0 Å². The Bertz CT molecular complexity index is 1320. The Balaban J connectivity index is 1.51. The molecule has 7 heteroatoms. The number of benzene rings is 3. The van der Waals surface area contributed by atoms with Crippen LogP contribution in [0.25, 0.3) is 16.9 Å². The van der Waals surface area contributed by atoms with E-state index in [2.05, 4.69) is 0 Å². The summed E-state index contributed by atoms with van der Waals surface area (Å²) in [5.74, 6) is 0.537. The van der Waals surface area contributed by atoms with Crippen LogP contribution in [0.4, 0.5) is 0 Å². The largest absolute Gasteiger partial charge is 0.493 e. The summed E-state index contributed by atoms with van der Waals surface area (Å²) in [6, 6.07) is 24.6. The predicted molar refractivity (Wildman–Crippen MR) is 134 cm³/mol. The summed E-state index contributed by atoms with van der Waals surface area (Å²) in [4.78, 5) is 26.1. The Morgan fingerprint density at radius 2 is 1.63 bits per heavy atom. The predicted octanol–water partition coefficient (Wildman–Crippen LogP) is 4.79. The number of hydrogen-bond acceptors (Lipinski definition) is 5. The SMILES string of the molecule is COc1cc(C(C)=O)ccc1OCC(=O)N(C)Cc1cn(-c2ccccc2)nc1-c1ccccc1. The number of ketones is 1. The Kier molecular flexibility index (Phi) is 7.26. The van der Waals surface area contributed by atoms with Crippen molar-refractivity contribution in [1.29, 1.82) is 0 Å². The molecular formula is C28H27N3O4. The first-order valence-corrected chi connectivity index (χ1v) is 11.2. The third-order valence-electron chi connectivity index (χ3n) is 5.61. The number of amides is 1. The van der Waals surface area contributed by atoms with Gasteiger partial charge in [-0.15, -0.1) is 0 Å². The zero-order valence-electron chi connectivity index (χ0n) is 20.0. The van der Waals surface area contributed by atoms with Crippen LogP contribution in [0, 0.1) is 0 Å². The number of aromatic nitrogens is 2. The van der Waals surface area contributed by atoms with Gasteiger partial charge in [-0.25, -0.2) is 4.68 Å². The van der Waals surface area contributed by atoms with Crippen molar-refractivity contribution in [2.75, 3.05) is 20.8 Å². The lowest BCUT2D eigenvalue weighted by atomic mass is 10.1. The minimum atomic E-state index is -0.200. The van der Waals surface area contributed by atoms with Crippen LogP contribution in [0.5, 0.6) is 11.5 Å². The number of likely N-dealkylation sites (N-methyl/N-ethyl adjacent to an activating group) is 1. The number of Topliss-reactive ketones (excluding diaryl/α,β-unsaturated/α-hetero) is 1. The maximum Gasteiger partial charge on any atom is 0.260 e. The van der Waals surface area contributed by atoms with Gasteiger partial charge < -0.3 is 14.4 Å². The van der Waals surface area contributed by atoms with Crippen LogP contribution in [0.1, 0.15) is 22.8 Å². The van der Waals surface area contributed by atoms with Gasteiger partial charge in [-0.05, 0) is 37.3 Å². The molecule has 0 saturated heterocycles. The van der Waals surface area contributed by atoms with Gasteiger partial charge in [0.2, 0.25) is 0 Å². The zero-order chi connectivity index (χ0) is 24.8. The van der Waals surface area contributed by atoms with Gasteiger partial charge in [0, 0.05) is 36.5 Å². The summed E-state index contributed by atoms with van der Waals surface area (Å²) in [6.07, 6.45) is 1.95. The summed E-state index contributed by atoms with van der Waals surface area (Å²) in [6.45, 7) is 1.68. The summed E-state index contributed by atoms with van der Waals surface area (Å²) in [5.41, 5.74) is 4.16. The second kappa shape index (κ2) is 10.7. The quantitative estimate of drug-likeness (QED) is 0.330. The molecule has 4 aromatic rings. The van der Waals surface area contributed by atoms with E-state index in [1.165, 1.54) is 14.0 Å². The van der Waals surface area contributed by atoms with Crippen LogP contribution < -0.4 is 9.47 Å². The minimum absolute atomic E-state index is 0.0732. The van der Waals surface area contributed by atoms with E-state index in [1.54, 1.807) is 30.1 Å². The molecule has 0 spiro atoms. The number of methoxy groups -OCH3 is 1. The molecular weight excluding hydrogens is 442 g/mol. The molecule has 0 bridgehead atoms. The lowest BCUT2D eigenvalue weighted by Crippen LogP contribution is -2.31. The number of carbonyl (C=O) groups is 2. The van der Waals surface area contributed by atoms with Crippen molar-refractivity contribution in [3.63, 3.8) is 0 Å². The van der Waals surface area contributed by atoms with E-state index in [9.17, 15) is 9.59 Å². The molecule has 178 valence electrons. The second-order valence-corrected chi connectivity index (χ2v) is 8.11. The smallest absolute Gasteiger partial charge is 0.260 e. The van der Waals surface area contributed by atoms with Crippen molar-refractivity contribution < 1.29 is 19.1 Å². The average Bonchev–Trinajstić information content (AvgIpc) is 3.31. The fourth-order valence-corrected chi connectivity index (χ4v) is 3.68. The molecule has 4 rings (SSSR count). The normalized spacial score (nSPS) is 10.6. The highest BCUT2D eigenvalue weighted by Gasteiger charge is 2.18. The van der Waals surface area contributed by atoms with Crippen LogP contribution in [-0.4, -0.2) is 47.1 Å². The van der Waals surface area contributed by atoms with Crippen molar-refractivity contribution in [3.8, 4) is 28.4 Å². The van der Waals surface area contributed by atoms with Gasteiger partial charge in [0.1, 0.15) is 0 Å². The van der Waals surface area contributed by atoms with E-state index >= 15 is 0 Å². The fourth-order valence-electron chi connectivity index (χ4n) is 3.68. The molecule has 0 fully saturated rings. The molecule has 0 radical (unpaired) electrons. The first-order valence-electron chi connectivity index (χ1n) is 11.2. The molecule has 0 N–H and O–H groups in total. The molecule has 1 amide bonds. The number of carbonyl (C=O) groups excluding carboxylic acids is 2. The summed E-state index contributed by atoms with van der Waals surface area (Å²) < 4.78 is 12.9. The first kappa shape index (κ1) is 23.8. The van der Waals surface area contributed by atoms with Crippen LogP contribution in [-0.2, 0) is 11.3 Å². The van der Waals surface area contributed by atoms with E-state index in [1.807, 2.05) is 71.5 Å². The Hall–Kier alpha value is -4.39. The highest BCUT2D eigenvalue weighted by atomic mass is 16.5.